The van der Waals surface area contributed by atoms with E-state index >= 15 is 0 Å². The summed E-state index contributed by atoms with van der Waals surface area (Å²) in [6.07, 6.45) is 1.95. The van der Waals surface area contributed by atoms with E-state index in [2.05, 4.69) is 10.3 Å². The van der Waals surface area contributed by atoms with E-state index in [9.17, 15) is 0 Å². The Labute approximate surface area is 83.2 Å². The highest BCUT2D eigenvalue weighted by atomic mass is 16.6. The maximum atomic E-state index is 5.57. The minimum atomic E-state index is 0.187. The molecule has 1 aliphatic rings. The van der Waals surface area contributed by atoms with Gasteiger partial charge in [0.1, 0.15) is 6.10 Å². The molecule has 1 saturated heterocycles. The van der Waals surface area contributed by atoms with Gasteiger partial charge in [-0.05, 0) is 18.7 Å². The van der Waals surface area contributed by atoms with E-state index in [1.807, 2.05) is 19.2 Å². The van der Waals surface area contributed by atoms with Crippen molar-refractivity contribution in [1.82, 2.24) is 10.3 Å². The van der Waals surface area contributed by atoms with E-state index in [0.29, 0.717) is 19.1 Å². The van der Waals surface area contributed by atoms with Gasteiger partial charge >= 0.3 is 0 Å². The van der Waals surface area contributed by atoms with Crippen molar-refractivity contribution in [3.63, 3.8) is 0 Å². The molecule has 0 radical (unpaired) electrons. The van der Waals surface area contributed by atoms with Crippen LogP contribution in [0.2, 0.25) is 0 Å². The second-order valence-corrected chi connectivity index (χ2v) is 3.31. The van der Waals surface area contributed by atoms with Gasteiger partial charge in [0, 0.05) is 18.8 Å². The first-order valence-electron chi connectivity index (χ1n) is 4.72. The van der Waals surface area contributed by atoms with E-state index in [1.54, 1.807) is 6.20 Å². The Morgan fingerprint density at radius 1 is 1.64 bits per heavy atom. The monoisotopic (exact) mass is 194 g/mol. The molecular weight excluding hydrogens is 180 g/mol. The first kappa shape index (κ1) is 9.43. The number of nitrogens with zero attached hydrogens (tertiary/aromatic N) is 1. The van der Waals surface area contributed by atoms with E-state index < -0.39 is 0 Å². The Balaban J connectivity index is 1.97. The average molecular weight is 194 g/mol. The second kappa shape index (κ2) is 4.39. The summed E-state index contributed by atoms with van der Waals surface area (Å²) < 4.78 is 10.6. The highest BCUT2D eigenvalue weighted by molar-refractivity contribution is 5.20. The lowest BCUT2D eigenvalue weighted by molar-refractivity contribution is -0.0813. The molecule has 1 fully saturated rings. The van der Waals surface area contributed by atoms with Crippen LogP contribution in [0.25, 0.3) is 0 Å². The standard InChI is InChI=1S/C10H14N2O2/c1-11-5-8-2-3-12-10(4-8)14-9-6-13-7-9/h2-4,9,11H,5-7H2,1H3. The first-order chi connectivity index (χ1) is 6.88. The van der Waals surface area contributed by atoms with Crippen molar-refractivity contribution >= 4 is 0 Å². The van der Waals surface area contributed by atoms with Crippen LogP contribution in [-0.2, 0) is 11.3 Å². The largest absolute Gasteiger partial charge is 0.469 e. The number of hydrogen-bond acceptors (Lipinski definition) is 4. The number of aromatic nitrogens is 1. The van der Waals surface area contributed by atoms with Gasteiger partial charge in [0.05, 0.1) is 13.2 Å². The quantitative estimate of drug-likeness (QED) is 0.761. The fourth-order valence-electron chi connectivity index (χ4n) is 1.28. The van der Waals surface area contributed by atoms with Crippen LogP contribution in [0.15, 0.2) is 18.3 Å². The van der Waals surface area contributed by atoms with Crippen LogP contribution in [-0.4, -0.2) is 31.3 Å². The second-order valence-electron chi connectivity index (χ2n) is 3.31. The molecule has 4 heteroatoms. The highest BCUT2D eigenvalue weighted by Gasteiger charge is 2.20. The Morgan fingerprint density at radius 3 is 3.14 bits per heavy atom. The predicted molar refractivity (Wildman–Crippen MR) is 52.2 cm³/mol. The van der Waals surface area contributed by atoms with Gasteiger partial charge in [-0.15, -0.1) is 0 Å². The lowest BCUT2D eigenvalue weighted by Gasteiger charge is -2.26. The summed E-state index contributed by atoms with van der Waals surface area (Å²) >= 11 is 0. The zero-order chi connectivity index (χ0) is 9.80. The maximum Gasteiger partial charge on any atom is 0.213 e. The smallest absolute Gasteiger partial charge is 0.213 e. The predicted octanol–water partition coefficient (Wildman–Crippen LogP) is 0.579. The number of nitrogens with one attached hydrogen (secondary N) is 1. The molecular formula is C10H14N2O2. The number of hydrogen-bond donors (Lipinski definition) is 1. The Morgan fingerprint density at radius 2 is 2.50 bits per heavy atom. The third-order valence-electron chi connectivity index (χ3n) is 2.08. The van der Waals surface area contributed by atoms with E-state index in [-0.39, 0.29) is 6.10 Å². The van der Waals surface area contributed by atoms with Gasteiger partial charge in [0.2, 0.25) is 5.88 Å². The van der Waals surface area contributed by atoms with Crippen molar-refractivity contribution in [3.8, 4) is 5.88 Å². The van der Waals surface area contributed by atoms with Crippen LogP contribution in [0.5, 0.6) is 5.88 Å². The maximum absolute atomic E-state index is 5.57. The molecule has 76 valence electrons. The molecule has 1 aliphatic heterocycles. The third-order valence-corrected chi connectivity index (χ3v) is 2.08. The molecule has 2 heterocycles. The van der Waals surface area contributed by atoms with Gasteiger partial charge in [-0.3, -0.25) is 0 Å². The lowest BCUT2D eigenvalue weighted by atomic mass is 10.2. The first-order valence-corrected chi connectivity index (χ1v) is 4.72. The Kier molecular flexibility index (Phi) is 2.96. The minimum Gasteiger partial charge on any atom is -0.469 e. The van der Waals surface area contributed by atoms with Crippen LogP contribution in [0.1, 0.15) is 5.56 Å². The summed E-state index contributed by atoms with van der Waals surface area (Å²) in [5, 5.41) is 3.08. The molecule has 0 aromatic carbocycles. The molecule has 1 aromatic heterocycles. The van der Waals surface area contributed by atoms with Crippen LogP contribution in [0, 0.1) is 0 Å². The zero-order valence-electron chi connectivity index (χ0n) is 8.19. The van der Waals surface area contributed by atoms with Gasteiger partial charge in [-0.1, -0.05) is 0 Å². The molecule has 1 N–H and O–H groups in total. The van der Waals surface area contributed by atoms with Crippen LogP contribution >= 0.6 is 0 Å². The SMILES string of the molecule is CNCc1ccnc(OC2COC2)c1. The van der Waals surface area contributed by atoms with Crippen LogP contribution in [0.4, 0.5) is 0 Å². The summed E-state index contributed by atoms with van der Waals surface area (Å²) in [6, 6.07) is 3.93. The number of pyridine rings is 1. The fraction of sp³-hybridized carbons (Fsp3) is 0.500. The highest BCUT2D eigenvalue weighted by Crippen LogP contribution is 2.14. The van der Waals surface area contributed by atoms with Gasteiger partial charge < -0.3 is 14.8 Å². The molecule has 4 nitrogen and oxygen atoms in total. The summed E-state index contributed by atoms with van der Waals surface area (Å²) in [4.78, 5) is 4.14. The van der Waals surface area contributed by atoms with Crippen LogP contribution < -0.4 is 10.1 Å². The van der Waals surface area contributed by atoms with Crippen molar-refractivity contribution in [2.24, 2.45) is 0 Å². The number of rotatable bonds is 4. The molecule has 0 saturated carbocycles. The summed E-state index contributed by atoms with van der Waals surface area (Å²) in [6.45, 7) is 2.19. The van der Waals surface area contributed by atoms with Crippen LogP contribution in [0.3, 0.4) is 0 Å². The average Bonchev–Trinajstić information content (AvgIpc) is 2.13. The van der Waals surface area contributed by atoms with E-state index in [1.165, 1.54) is 5.56 Å². The minimum absolute atomic E-state index is 0.187. The summed E-state index contributed by atoms with van der Waals surface area (Å²) in [5.41, 5.74) is 1.18. The number of ether oxygens (including phenoxy) is 2. The molecule has 0 unspecified atom stereocenters. The van der Waals surface area contributed by atoms with Crippen molar-refractivity contribution in [3.05, 3.63) is 23.9 Å². The molecule has 0 atom stereocenters. The van der Waals surface area contributed by atoms with Crippen molar-refractivity contribution < 1.29 is 9.47 Å². The molecule has 0 spiro atoms. The van der Waals surface area contributed by atoms with Gasteiger partial charge in [0.25, 0.3) is 0 Å². The lowest BCUT2D eigenvalue weighted by Crippen LogP contribution is -2.38. The Hall–Kier alpha value is -1.13. The normalized spacial score (nSPS) is 16.4. The molecule has 0 bridgehead atoms. The zero-order valence-corrected chi connectivity index (χ0v) is 8.19. The fourth-order valence-corrected chi connectivity index (χ4v) is 1.28. The van der Waals surface area contributed by atoms with E-state index in [0.717, 1.165) is 6.54 Å². The third kappa shape index (κ3) is 2.21. The molecule has 1 aromatic rings. The topological polar surface area (TPSA) is 43.4 Å². The van der Waals surface area contributed by atoms with Crippen molar-refractivity contribution in [2.75, 3.05) is 20.3 Å². The summed E-state index contributed by atoms with van der Waals surface area (Å²) in [7, 11) is 1.92. The van der Waals surface area contributed by atoms with Crippen molar-refractivity contribution in [2.45, 2.75) is 12.6 Å². The Bertz CT molecular complexity index is 300. The van der Waals surface area contributed by atoms with Gasteiger partial charge in [0.15, 0.2) is 0 Å². The molecule has 14 heavy (non-hydrogen) atoms. The molecule has 0 amide bonds. The van der Waals surface area contributed by atoms with Gasteiger partial charge in [-0.2, -0.15) is 0 Å². The van der Waals surface area contributed by atoms with E-state index in [4.69, 9.17) is 9.47 Å². The molecule has 0 aliphatic carbocycles. The summed E-state index contributed by atoms with van der Waals surface area (Å²) in [5.74, 6) is 0.686. The molecule has 2 rings (SSSR count). The van der Waals surface area contributed by atoms with Gasteiger partial charge in [-0.25, -0.2) is 4.98 Å². The van der Waals surface area contributed by atoms with Crippen molar-refractivity contribution in [1.29, 1.82) is 0 Å².